The first-order valence-corrected chi connectivity index (χ1v) is 9.63. The van der Waals surface area contributed by atoms with E-state index in [2.05, 4.69) is 41.2 Å². The second-order valence-corrected chi connectivity index (χ2v) is 7.97. The van der Waals surface area contributed by atoms with E-state index < -0.39 is 0 Å². The van der Waals surface area contributed by atoms with Gasteiger partial charge in [0.25, 0.3) is 5.91 Å². The Morgan fingerprint density at radius 2 is 1.83 bits per heavy atom. The van der Waals surface area contributed by atoms with Gasteiger partial charge in [-0.05, 0) is 35.2 Å². The minimum atomic E-state index is -0.226. The summed E-state index contributed by atoms with van der Waals surface area (Å²) < 4.78 is 7.08. The highest BCUT2D eigenvalue weighted by Gasteiger charge is 2.17. The van der Waals surface area contributed by atoms with Crippen molar-refractivity contribution in [2.45, 2.75) is 26.2 Å². The number of hydrogen-bond acceptors (Lipinski definition) is 5. The van der Waals surface area contributed by atoms with Crippen molar-refractivity contribution in [3.63, 3.8) is 0 Å². The van der Waals surface area contributed by atoms with Crippen molar-refractivity contribution in [1.82, 2.24) is 19.6 Å². The molecule has 30 heavy (non-hydrogen) atoms. The summed E-state index contributed by atoms with van der Waals surface area (Å²) in [4.78, 5) is 21.6. The summed E-state index contributed by atoms with van der Waals surface area (Å²) >= 11 is 0. The molecule has 3 heterocycles. The molecule has 0 unspecified atom stereocenters. The number of pyridine rings is 1. The first kappa shape index (κ1) is 19.6. The fourth-order valence-electron chi connectivity index (χ4n) is 3.23. The molecule has 7 heteroatoms. The zero-order chi connectivity index (χ0) is 21.3. The van der Waals surface area contributed by atoms with Gasteiger partial charge in [0.2, 0.25) is 5.88 Å². The van der Waals surface area contributed by atoms with Gasteiger partial charge in [-0.15, -0.1) is 0 Å². The number of aromatic nitrogens is 4. The first-order valence-electron chi connectivity index (χ1n) is 9.63. The molecular weight excluding hydrogens is 378 g/mol. The third kappa shape index (κ3) is 3.74. The molecule has 4 aromatic rings. The average molecular weight is 401 g/mol. The molecule has 0 radical (unpaired) electrons. The molecule has 4 rings (SSSR count). The number of anilines is 1. The third-order valence-electron chi connectivity index (χ3n) is 4.85. The second-order valence-electron chi connectivity index (χ2n) is 7.97. The highest BCUT2D eigenvalue weighted by atomic mass is 16.5. The van der Waals surface area contributed by atoms with Gasteiger partial charge in [-0.1, -0.05) is 32.9 Å². The van der Waals surface area contributed by atoms with E-state index in [-0.39, 0.29) is 11.3 Å². The van der Waals surface area contributed by atoms with Crippen molar-refractivity contribution in [3.05, 3.63) is 72.1 Å². The predicted molar refractivity (Wildman–Crippen MR) is 116 cm³/mol. The van der Waals surface area contributed by atoms with Gasteiger partial charge in [-0.2, -0.15) is 5.10 Å². The fraction of sp³-hybridized carbons (Fsp3) is 0.217. The summed E-state index contributed by atoms with van der Waals surface area (Å²) in [6.45, 7) is 6.42. The molecular formula is C23H23N5O2. The van der Waals surface area contributed by atoms with E-state index >= 15 is 0 Å². The van der Waals surface area contributed by atoms with Crippen LogP contribution in [0.4, 0.5) is 5.82 Å². The largest absolute Gasteiger partial charge is 0.481 e. The third-order valence-corrected chi connectivity index (χ3v) is 4.85. The van der Waals surface area contributed by atoms with E-state index in [0.717, 1.165) is 5.56 Å². The Morgan fingerprint density at radius 3 is 2.53 bits per heavy atom. The van der Waals surface area contributed by atoms with Crippen molar-refractivity contribution in [2.75, 3.05) is 12.4 Å². The van der Waals surface area contributed by atoms with Crippen molar-refractivity contribution < 1.29 is 9.53 Å². The number of rotatable bonds is 4. The minimum absolute atomic E-state index is 0.0290. The van der Waals surface area contributed by atoms with Crippen LogP contribution in [-0.2, 0) is 5.41 Å². The van der Waals surface area contributed by atoms with E-state index in [1.54, 1.807) is 36.2 Å². The SMILES string of the molecule is COc1ncccc1-c1cc(NC(=O)c2ccc(C(C)(C)C)cc2)nc2ccnn12. The number of hydrogen-bond donors (Lipinski definition) is 1. The van der Waals surface area contributed by atoms with Crippen molar-refractivity contribution in [3.8, 4) is 17.1 Å². The van der Waals surface area contributed by atoms with E-state index in [1.807, 2.05) is 36.4 Å². The first-order chi connectivity index (χ1) is 14.4. The van der Waals surface area contributed by atoms with Gasteiger partial charge in [-0.3, -0.25) is 4.79 Å². The monoisotopic (exact) mass is 401 g/mol. The molecule has 1 N–H and O–H groups in total. The number of carbonyl (C=O) groups excluding carboxylic acids is 1. The molecule has 0 bridgehead atoms. The van der Waals surface area contributed by atoms with E-state index in [0.29, 0.717) is 28.6 Å². The van der Waals surface area contributed by atoms with Crippen LogP contribution in [0.15, 0.2) is 60.9 Å². The molecule has 0 aliphatic carbocycles. The van der Waals surface area contributed by atoms with Gasteiger partial charge < -0.3 is 10.1 Å². The van der Waals surface area contributed by atoms with E-state index in [9.17, 15) is 4.79 Å². The molecule has 7 nitrogen and oxygen atoms in total. The maximum atomic E-state index is 12.8. The Labute approximate surface area is 174 Å². The van der Waals surface area contributed by atoms with Crippen molar-refractivity contribution >= 4 is 17.4 Å². The van der Waals surface area contributed by atoms with Crippen molar-refractivity contribution in [1.29, 1.82) is 0 Å². The summed E-state index contributed by atoms with van der Waals surface area (Å²) in [5.41, 5.74) is 3.84. The number of amides is 1. The van der Waals surface area contributed by atoms with Crippen LogP contribution in [0.2, 0.25) is 0 Å². The molecule has 0 aliphatic rings. The fourth-order valence-corrected chi connectivity index (χ4v) is 3.23. The molecule has 0 fully saturated rings. The Bertz CT molecular complexity index is 1210. The van der Waals surface area contributed by atoms with Gasteiger partial charge in [0.1, 0.15) is 5.82 Å². The molecule has 0 saturated carbocycles. The van der Waals surface area contributed by atoms with Gasteiger partial charge in [-0.25, -0.2) is 14.5 Å². The van der Waals surface area contributed by atoms with Gasteiger partial charge in [0, 0.05) is 23.9 Å². The summed E-state index contributed by atoms with van der Waals surface area (Å²) in [6, 6.07) is 14.9. The lowest BCUT2D eigenvalue weighted by Crippen LogP contribution is -2.15. The number of benzene rings is 1. The summed E-state index contributed by atoms with van der Waals surface area (Å²) in [5.74, 6) is 0.667. The van der Waals surface area contributed by atoms with Gasteiger partial charge in [0.05, 0.1) is 24.6 Å². The maximum Gasteiger partial charge on any atom is 0.256 e. The highest BCUT2D eigenvalue weighted by Crippen LogP contribution is 2.29. The van der Waals surface area contributed by atoms with Crippen LogP contribution in [0.1, 0.15) is 36.7 Å². The lowest BCUT2D eigenvalue weighted by Gasteiger charge is -2.19. The number of nitrogens with one attached hydrogen (secondary N) is 1. The number of nitrogens with zero attached hydrogens (tertiary/aromatic N) is 4. The molecule has 0 aliphatic heterocycles. The molecule has 0 spiro atoms. The predicted octanol–water partition coefficient (Wildman–Crippen LogP) is 4.35. The van der Waals surface area contributed by atoms with Crippen LogP contribution in [0, 0.1) is 0 Å². The molecule has 0 atom stereocenters. The smallest absolute Gasteiger partial charge is 0.256 e. The maximum absolute atomic E-state index is 12.8. The van der Waals surface area contributed by atoms with Crippen LogP contribution in [0.5, 0.6) is 5.88 Å². The van der Waals surface area contributed by atoms with Gasteiger partial charge >= 0.3 is 0 Å². The van der Waals surface area contributed by atoms with E-state index in [4.69, 9.17) is 4.74 Å². The Hall–Kier alpha value is -3.74. The number of carbonyl (C=O) groups is 1. The number of methoxy groups -OCH3 is 1. The van der Waals surface area contributed by atoms with Crippen LogP contribution < -0.4 is 10.1 Å². The van der Waals surface area contributed by atoms with Crippen LogP contribution in [0.25, 0.3) is 16.9 Å². The topological polar surface area (TPSA) is 81.4 Å². The second kappa shape index (κ2) is 7.59. The van der Waals surface area contributed by atoms with Crippen LogP contribution >= 0.6 is 0 Å². The lowest BCUT2D eigenvalue weighted by atomic mass is 9.87. The zero-order valence-corrected chi connectivity index (χ0v) is 17.4. The highest BCUT2D eigenvalue weighted by molar-refractivity contribution is 6.04. The summed E-state index contributed by atoms with van der Waals surface area (Å²) in [6.07, 6.45) is 3.32. The number of ether oxygens (including phenoxy) is 1. The molecule has 3 aromatic heterocycles. The Morgan fingerprint density at radius 1 is 1.07 bits per heavy atom. The minimum Gasteiger partial charge on any atom is -0.481 e. The normalized spacial score (nSPS) is 11.5. The molecule has 0 saturated heterocycles. The Balaban J connectivity index is 1.69. The Kier molecular flexibility index (Phi) is 4.95. The lowest BCUT2D eigenvalue weighted by molar-refractivity contribution is 0.102. The summed E-state index contributed by atoms with van der Waals surface area (Å²) in [5, 5.41) is 7.23. The van der Waals surface area contributed by atoms with Gasteiger partial charge in [0.15, 0.2) is 5.65 Å². The average Bonchev–Trinajstić information content (AvgIpc) is 3.21. The standard InChI is InChI=1S/C23H23N5O2/c1-23(2,3)16-9-7-15(8-10-16)21(29)27-19-14-18(28-20(26-19)11-13-25-28)17-6-5-12-24-22(17)30-4/h5-14H,1-4H3,(H,26,27,29). The van der Waals surface area contributed by atoms with Crippen molar-refractivity contribution in [2.24, 2.45) is 0 Å². The number of fused-ring (bicyclic) bond motifs is 1. The molecule has 1 amide bonds. The van der Waals surface area contributed by atoms with Crippen LogP contribution in [0.3, 0.4) is 0 Å². The molecule has 1 aromatic carbocycles. The summed E-state index contributed by atoms with van der Waals surface area (Å²) in [7, 11) is 1.57. The van der Waals surface area contributed by atoms with Crippen LogP contribution in [-0.4, -0.2) is 32.6 Å². The zero-order valence-electron chi connectivity index (χ0n) is 17.4. The van der Waals surface area contributed by atoms with E-state index in [1.165, 1.54) is 5.56 Å². The molecule has 152 valence electrons. The quantitative estimate of drug-likeness (QED) is 0.550.